The van der Waals surface area contributed by atoms with Crippen molar-refractivity contribution in [3.63, 3.8) is 0 Å². The lowest BCUT2D eigenvalue weighted by atomic mass is 9.97. The summed E-state index contributed by atoms with van der Waals surface area (Å²) in [6.45, 7) is 0. The third-order valence-electron chi connectivity index (χ3n) is 4.72. The second kappa shape index (κ2) is 7.95. The van der Waals surface area contributed by atoms with Crippen LogP contribution in [0.4, 0.5) is 0 Å². The van der Waals surface area contributed by atoms with Crippen molar-refractivity contribution in [1.29, 1.82) is 0 Å². The third kappa shape index (κ3) is 5.27. The van der Waals surface area contributed by atoms with E-state index >= 15 is 0 Å². The molecule has 0 nitrogen and oxygen atoms in total. The molecule has 0 N–H and O–H groups in total. The molecular formula is C17H30. The molecule has 98 valence electrons. The highest BCUT2D eigenvalue weighted by Gasteiger charge is 2.21. The number of fused-ring (bicyclic) bond motifs is 2. The molecule has 0 amide bonds. The highest BCUT2D eigenvalue weighted by Crippen LogP contribution is 2.35. The molecular weight excluding hydrogens is 204 g/mol. The Bertz CT molecular complexity index is 216. The molecule has 0 aromatic heterocycles. The fraction of sp³-hybridized carbons (Fsp3) is 0.882. The Labute approximate surface area is 108 Å². The largest absolute Gasteiger partial charge is 0.0883 e. The molecule has 0 heteroatoms. The van der Waals surface area contributed by atoms with Crippen LogP contribution < -0.4 is 0 Å². The van der Waals surface area contributed by atoms with Crippen molar-refractivity contribution in [1.82, 2.24) is 0 Å². The van der Waals surface area contributed by atoms with Gasteiger partial charge in [-0.2, -0.15) is 0 Å². The lowest BCUT2D eigenvalue weighted by Crippen LogP contribution is -1.95. The van der Waals surface area contributed by atoms with E-state index in [1.54, 1.807) is 0 Å². The van der Waals surface area contributed by atoms with Gasteiger partial charge in [-0.3, -0.25) is 0 Å². The van der Waals surface area contributed by atoms with Gasteiger partial charge in [-0.25, -0.2) is 0 Å². The highest BCUT2D eigenvalue weighted by molar-refractivity contribution is 4.93. The summed E-state index contributed by atoms with van der Waals surface area (Å²) >= 11 is 0. The van der Waals surface area contributed by atoms with Crippen LogP contribution in [0, 0.1) is 11.8 Å². The summed E-state index contributed by atoms with van der Waals surface area (Å²) < 4.78 is 0. The zero-order valence-corrected chi connectivity index (χ0v) is 11.5. The highest BCUT2D eigenvalue weighted by atomic mass is 14.3. The van der Waals surface area contributed by atoms with E-state index in [-0.39, 0.29) is 0 Å². The molecule has 2 unspecified atom stereocenters. The van der Waals surface area contributed by atoms with Crippen LogP contribution in [0.25, 0.3) is 0 Å². The van der Waals surface area contributed by atoms with Crippen molar-refractivity contribution in [2.75, 3.05) is 0 Å². The number of rotatable bonds is 0. The van der Waals surface area contributed by atoms with E-state index in [0.29, 0.717) is 0 Å². The van der Waals surface area contributed by atoms with Crippen LogP contribution >= 0.6 is 0 Å². The first kappa shape index (κ1) is 13.2. The Hall–Kier alpha value is -0.260. The molecule has 0 heterocycles. The fourth-order valence-electron chi connectivity index (χ4n) is 3.60. The Morgan fingerprint density at radius 2 is 1.35 bits per heavy atom. The minimum atomic E-state index is 0.935. The molecule has 1 fully saturated rings. The first-order chi connectivity index (χ1) is 8.45. The van der Waals surface area contributed by atoms with Crippen LogP contribution in [0.3, 0.4) is 0 Å². The summed E-state index contributed by atoms with van der Waals surface area (Å²) in [5.74, 6) is 2.00. The minimum Gasteiger partial charge on any atom is -0.0883 e. The van der Waals surface area contributed by atoms with Gasteiger partial charge in [-0.1, -0.05) is 63.5 Å². The van der Waals surface area contributed by atoms with Crippen molar-refractivity contribution in [3.8, 4) is 0 Å². The number of hydrogen-bond donors (Lipinski definition) is 0. The lowest BCUT2D eigenvalue weighted by Gasteiger charge is -2.08. The maximum atomic E-state index is 2.54. The summed E-state index contributed by atoms with van der Waals surface area (Å²) in [6, 6.07) is 0. The van der Waals surface area contributed by atoms with Crippen molar-refractivity contribution in [2.45, 2.75) is 83.5 Å². The Kier molecular flexibility index (Phi) is 6.16. The van der Waals surface area contributed by atoms with Crippen LogP contribution in [0.2, 0.25) is 0 Å². The average Bonchev–Trinajstić information content (AvgIpc) is 2.77. The first-order valence-electron chi connectivity index (χ1n) is 8.12. The van der Waals surface area contributed by atoms with Gasteiger partial charge in [-0.05, 0) is 43.9 Å². The standard InChI is InChI=1S/C17H30/c1-2-4-6-8-10-12-17-14-13-16(15-17)11-9-7-5-3-1/h9,11,16-17H,1-8,10,12-15H2. The predicted octanol–water partition coefficient (Wildman–Crippen LogP) is 5.87. The molecule has 2 aliphatic rings. The van der Waals surface area contributed by atoms with E-state index in [4.69, 9.17) is 0 Å². The van der Waals surface area contributed by atoms with E-state index in [0.717, 1.165) is 11.8 Å². The lowest BCUT2D eigenvalue weighted by molar-refractivity contribution is 0.453. The number of allylic oxidation sites excluding steroid dienone is 2. The summed E-state index contributed by atoms with van der Waals surface area (Å²) in [6.07, 6.45) is 24.2. The van der Waals surface area contributed by atoms with Gasteiger partial charge in [0.15, 0.2) is 0 Å². The number of hydrogen-bond acceptors (Lipinski definition) is 0. The van der Waals surface area contributed by atoms with Crippen LogP contribution in [-0.2, 0) is 0 Å². The van der Waals surface area contributed by atoms with Crippen LogP contribution in [0.15, 0.2) is 12.2 Å². The summed E-state index contributed by atoms with van der Waals surface area (Å²) in [5.41, 5.74) is 0. The zero-order valence-electron chi connectivity index (χ0n) is 11.5. The van der Waals surface area contributed by atoms with Crippen molar-refractivity contribution >= 4 is 0 Å². The molecule has 0 aromatic carbocycles. The molecule has 1 saturated carbocycles. The van der Waals surface area contributed by atoms with E-state index in [2.05, 4.69) is 12.2 Å². The summed E-state index contributed by atoms with van der Waals surface area (Å²) in [5, 5.41) is 0. The van der Waals surface area contributed by atoms with Gasteiger partial charge in [0, 0.05) is 0 Å². The van der Waals surface area contributed by atoms with Crippen molar-refractivity contribution in [2.24, 2.45) is 11.8 Å². The monoisotopic (exact) mass is 234 g/mol. The predicted molar refractivity (Wildman–Crippen MR) is 76.1 cm³/mol. The molecule has 2 atom stereocenters. The fourth-order valence-corrected chi connectivity index (χ4v) is 3.60. The van der Waals surface area contributed by atoms with Gasteiger partial charge in [0.25, 0.3) is 0 Å². The van der Waals surface area contributed by atoms with Crippen molar-refractivity contribution in [3.05, 3.63) is 12.2 Å². The smallest absolute Gasteiger partial charge is 0.0231 e. The normalized spacial score (nSPS) is 32.9. The van der Waals surface area contributed by atoms with E-state index in [1.165, 1.54) is 83.5 Å². The second-order valence-electron chi connectivity index (χ2n) is 6.27. The Morgan fingerprint density at radius 3 is 2.18 bits per heavy atom. The second-order valence-corrected chi connectivity index (χ2v) is 6.27. The molecule has 0 spiro atoms. The maximum Gasteiger partial charge on any atom is -0.0231 e. The molecule has 0 aliphatic heterocycles. The van der Waals surface area contributed by atoms with Gasteiger partial charge in [-0.15, -0.1) is 0 Å². The van der Waals surface area contributed by atoms with E-state index in [9.17, 15) is 0 Å². The average molecular weight is 234 g/mol. The molecule has 2 aliphatic carbocycles. The Morgan fingerprint density at radius 1 is 0.647 bits per heavy atom. The van der Waals surface area contributed by atoms with Gasteiger partial charge >= 0.3 is 0 Å². The molecule has 2 bridgehead atoms. The van der Waals surface area contributed by atoms with E-state index in [1.807, 2.05) is 0 Å². The van der Waals surface area contributed by atoms with Crippen molar-refractivity contribution < 1.29 is 0 Å². The maximum absolute atomic E-state index is 2.54. The third-order valence-corrected chi connectivity index (χ3v) is 4.72. The van der Waals surface area contributed by atoms with Gasteiger partial charge < -0.3 is 0 Å². The summed E-state index contributed by atoms with van der Waals surface area (Å²) in [4.78, 5) is 0. The molecule has 17 heavy (non-hydrogen) atoms. The SMILES string of the molecule is C1=CC2CCC(CCCCCCCCCC1)C2. The minimum absolute atomic E-state index is 0.935. The molecule has 0 aromatic rings. The Balaban J connectivity index is 1.74. The molecule has 2 rings (SSSR count). The zero-order chi connectivity index (χ0) is 11.8. The first-order valence-corrected chi connectivity index (χ1v) is 8.12. The van der Waals surface area contributed by atoms with Crippen LogP contribution in [0.1, 0.15) is 83.5 Å². The van der Waals surface area contributed by atoms with E-state index < -0.39 is 0 Å². The topological polar surface area (TPSA) is 0 Å². The molecule has 0 radical (unpaired) electrons. The van der Waals surface area contributed by atoms with Crippen LogP contribution in [-0.4, -0.2) is 0 Å². The summed E-state index contributed by atoms with van der Waals surface area (Å²) in [7, 11) is 0. The van der Waals surface area contributed by atoms with Gasteiger partial charge in [0.2, 0.25) is 0 Å². The molecule has 0 saturated heterocycles. The van der Waals surface area contributed by atoms with Crippen LogP contribution in [0.5, 0.6) is 0 Å². The quantitative estimate of drug-likeness (QED) is 0.460. The van der Waals surface area contributed by atoms with Gasteiger partial charge in [0.1, 0.15) is 0 Å². The van der Waals surface area contributed by atoms with Gasteiger partial charge in [0.05, 0.1) is 0 Å².